The van der Waals surface area contributed by atoms with Crippen molar-refractivity contribution in [3.8, 4) is 5.69 Å². The molecule has 0 aliphatic heterocycles. The number of carboxylic acid groups (broad SMARTS) is 1. The Balaban J connectivity index is 1.18. The zero-order chi connectivity index (χ0) is 26.9. The van der Waals surface area contributed by atoms with Crippen LogP contribution in [0, 0.1) is 0 Å². The second-order valence-corrected chi connectivity index (χ2v) is 12.4. The summed E-state index contributed by atoms with van der Waals surface area (Å²) in [5.41, 5.74) is 7.18. The number of aryl methyl sites for hydroxylation is 2. The molecule has 2 unspecified atom stereocenters. The standard InChI is InChI=1S/C30H35N7O2/c1-30(2)11-10-20-15-31-37(28(20)30)22-9-5-7-19(13-22)18-6-4-8-21(12-18)36-27(25(16-32-36)29(38)39)24-14-23(24)26-17-35(3)34-33-26/h4,6,8,12,15-17,19,22-24H,5,7,9-11,13-14H2,1-3H3,(H,38,39)/t19-,22-,23?,24?/m0/s1. The summed E-state index contributed by atoms with van der Waals surface area (Å²) in [5, 5.41) is 27.8. The molecule has 0 amide bonds. The van der Waals surface area contributed by atoms with E-state index in [2.05, 4.69) is 58.3 Å². The van der Waals surface area contributed by atoms with Gasteiger partial charge in [-0.3, -0.25) is 9.36 Å². The van der Waals surface area contributed by atoms with Gasteiger partial charge in [-0.15, -0.1) is 5.10 Å². The highest BCUT2D eigenvalue weighted by molar-refractivity contribution is 5.89. The fourth-order valence-electron chi connectivity index (χ4n) is 7.21. The summed E-state index contributed by atoms with van der Waals surface area (Å²) in [7, 11) is 1.85. The molecular formula is C30H35N7O2. The Kier molecular flexibility index (Phi) is 5.54. The summed E-state index contributed by atoms with van der Waals surface area (Å²) in [6.07, 6.45) is 13.2. The molecule has 0 bridgehead atoms. The third kappa shape index (κ3) is 4.10. The Bertz CT molecular complexity index is 1560. The van der Waals surface area contributed by atoms with Gasteiger partial charge in [0.1, 0.15) is 5.56 Å². The molecule has 2 fully saturated rings. The first kappa shape index (κ1) is 24.3. The van der Waals surface area contributed by atoms with Crippen molar-refractivity contribution in [1.29, 1.82) is 0 Å². The summed E-state index contributed by atoms with van der Waals surface area (Å²) in [6.45, 7) is 4.70. The number of carboxylic acids is 1. The second-order valence-electron chi connectivity index (χ2n) is 12.4. The summed E-state index contributed by atoms with van der Waals surface area (Å²) >= 11 is 0. The van der Waals surface area contributed by atoms with Gasteiger partial charge in [0.2, 0.25) is 0 Å². The Morgan fingerprint density at radius 3 is 2.77 bits per heavy atom. The maximum Gasteiger partial charge on any atom is 0.339 e. The second kappa shape index (κ2) is 8.89. The van der Waals surface area contributed by atoms with E-state index in [9.17, 15) is 9.90 Å². The van der Waals surface area contributed by atoms with E-state index in [-0.39, 0.29) is 22.8 Å². The summed E-state index contributed by atoms with van der Waals surface area (Å²) in [5.74, 6) is -0.292. The molecule has 3 heterocycles. The maximum atomic E-state index is 12.1. The molecule has 0 radical (unpaired) electrons. The number of aromatic nitrogens is 7. The fourth-order valence-corrected chi connectivity index (χ4v) is 7.21. The van der Waals surface area contributed by atoms with Crippen molar-refractivity contribution in [2.24, 2.45) is 7.05 Å². The van der Waals surface area contributed by atoms with Gasteiger partial charge in [-0.05, 0) is 67.7 Å². The first-order valence-electron chi connectivity index (χ1n) is 14.1. The van der Waals surface area contributed by atoms with E-state index in [4.69, 9.17) is 5.10 Å². The van der Waals surface area contributed by atoms with Gasteiger partial charge in [-0.2, -0.15) is 10.2 Å². The van der Waals surface area contributed by atoms with Crippen molar-refractivity contribution >= 4 is 5.97 Å². The van der Waals surface area contributed by atoms with E-state index in [1.54, 1.807) is 4.68 Å². The minimum Gasteiger partial charge on any atom is -0.478 e. The van der Waals surface area contributed by atoms with Crippen LogP contribution in [-0.2, 0) is 18.9 Å². The van der Waals surface area contributed by atoms with Crippen molar-refractivity contribution in [1.82, 2.24) is 34.6 Å². The van der Waals surface area contributed by atoms with Gasteiger partial charge in [0.25, 0.3) is 0 Å². The van der Waals surface area contributed by atoms with Crippen molar-refractivity contribution in [2.45, 2.75) is 88.0 Å². The molecule has 0 saturated heterocycles. The van der Waals surface area contributed by atoms with Crippen LogP contribution in [0.15, 0.2) is 42.9 Å². The third-order valence-corrected chi connectivity index (χ3v) is 9.29. The quantitative estimate of drug-likeness (QED) is 0.367. The predicted molar refractivity (Wildman–Crippen MR) is 145 cm³/mol. The number of fused-ring (bicyclic) bond motifs is 1. The molecule has 4 atom stereocenters. The molecule has 39 heavy (non-hydrogen) atoms. The van der Waals surface area contributed by atoms with Crippen molar-refractivity contribution in [3.05, 3.63) is 76.6 Å². The van der Waals surface area contributed by atoms with E-state index < -0.39 is 5.97 Å². The lowest BCUT2D eigenvalue weighted by Gasteiger charge is -2.33. The molecule has 3 aromatic heterocycles. The molecule has 0 spiro atoms. The molecule has 4 aromatic rings. The van der Waals surface area contributed by atoms with Crippen LogP contribution in [0.3, 0.4) is 0 Å². The van der Waals surface area contributed by atoms with E-state index in [0.717, 1.165) is 49.2 Å². The zero-order valence-corrected chi connectivity index (χ0v) is 22.8. The molecule has 9 nitrogen and oxygen atoms in total. The molecule has 1 N–H and O–H groups in total. The number of hydrogen-bond acceptors (Lipinski definition) is 5. The normalized spacial score (nSPS) is 25.5. The first-order valence-corrected chi connectivity index (χ1v) is 14.1. The third-order valence-electron chi connectivity index (χ3n) is 9.29. The number of aromatic carboxylic acids is 1. The van der Waals surface area contributed by atoms with Crippen LogP contribution in [-0.4, -0.2) is 45.6 Å². The minimum atomic E-state index is -0.943. The number of nitrogens with zero attached hydrogens (tertiary/aromatic N) is 7. The lowest BCUT2D eigenvalue weighted by molar-refractivity contribution is 0.0695. The maximum absolute atomic E-state index is 12.1. The lowest BCUT2D eigenvalue weighted by Crippen LogP contribution is -2.25. The van der Waals surface area contributed by atoms with Gasteiger partial charge in [0.05, 0.1) is 35.5 Å². The van der Waals surface area contributed by atoms with Gasteiger partial charge in [0.15, 0.2) is 0 Å². The van der Waals surface area contributed by atoms with Crippen LogP contribution >= 0.6 is 0 Å². The summed E-state index contributed by atoms with van der Waals surface area (Å²) < 4.78 is 5.89. The lowest BCUT2D eigenvalue weighted by atomic mass is 9.80. The van der Waals surface area contributed by atoms with Crippen LogP contribution in [0.25, 0.3) is 5.69 Å². The van der Waals surface area contributed by atoms with Gasteiger partial charge < -0.3 is 5.11 Å². The fraction of sp³-hybridized carbons (Fsp3) is 0.500. The highest BCUT2D eigenvalue weighted by atomic mass is 16.4. The summed E-state index contributed by atoms with van der Waals surface area (Å²) in [4.78, 5) is 12.1. The molecule has 202 valence electrons. The van der Waals surface area contributed by atoms with Gasteiger partial charge >= 0.3 is 5.97 Å². The molecule has 1 aromatic carbocycles. The van der Waals surface area contributed by atoms with Crippen LogP contribution in [0.2, 0.25) is 0 Å². The predicted octanol–water partition coefficient (Wildman–Crippen LogP) is 5.29. The van der Waals surface area contributed by atoms with E-state index in [1.807, 2.05) is 24.0 Å². The number of carbonyl (C=O) groups is 1. The molecular weight excluding hydrogens is 490 g/mol. The zero-order valence-electron chi connectivity index (χ0n) is 22.8. The Morgan fingerprint density at radius 1 is 1.10 bits per heavy atom. The van der Waals surface area contributed by atoms with Gasteiger partial charge in [0, 0.05) is 36.2 Å². The van der Waals surface area contributed by atoms with Gasteiger partial charge in [-0.1, -0.05) is 37.6 Å². The Hall–Kier alpha value is -3.75. The Morgan fingerprint density at radius 2 is 1.97 bits per heavy atom. The number of hydrogen-bond donors (Lipinski definition) is 1. The van der Waals surface area contributed by atoms with E-state index in [1.165, 1.54) is 35.9 Å². The van der Waals surface area contributed by atoms with Crippen LogP contribution in [0.5, 0.6) is 0 Å². The minimum absolute atomic E-state index is 0.0586. The Labute approximate surface area is 227 Å². The van der Waals surface area contributed by atoms with Crippen LogP contribution in [0.4, 0.5) is 0 Å². The molecule has 3 aliphatic carbocycles. The SMILES string of the molecule is Cn1cc(C2CC2c2c(C(=O)O)cnn2-c2cccc([C@H]3CCC[C@H](n4ncc5c4C(C)(C)CC5)C3)c2)nn1. The van der Waals surface area contributed by atoms with Gasteiger partial charge in [-0.25, -0.2) is 9.48 Å². The van der Waals surface area contributed by atoms with E-state index in [0.29, 0.717) is 12.0 Å². The molecule has 9 heteroatoms. The molecule has 7 rings (SSSR count). The first-order chi connectivity index (χ1) is 18.8. The van der Waals surface area contributed by atoms with Crippen LogP contribution < -0.4 is 0 Å². The highest BCUT2D eigenvalue weighted by Crippen LogP contribution is 2.55. The smallest absolute Gasteiger partial charge is 0.339 e. The largest absolute Gasteiger partial charge is 0.478 e. The highest BCUT2D eigenvalue weighted by Gasteiger charge is 2.46. The van der Waals surface area contributed by atoms with Crippen molar-refractivity contribution < 1.29 is 9.90 Å². The van der Waals surface area contributed by atoms with Crippen molar-refractivity contribution in [3.63, 3.8) is 0 Å². The average Bonchev–Trinajstić information content (AvgIpc) is 3.30. The number of rotatable bonds is 6. The average molecular weight is 526 g/mol. The number of benzene rings is 1. The van der Waals surface area contributed by atoms with E-state index >= 15 is 0 Å². The molecule has 3 aliphatic rings. The van der Waals surface area contributed by atoms with Crippen LogP contribution in [0.1, 0.15) is 115 Å². The topological polar surface area (TPSA) is 104 Å². The summed E-state index contributed by atoms with van der Waals surface area (Å²) in [6, 6.07) is 8.96. The molecule has 2 saturated carbocycles. The monoisotopic (exact) mass is 525 g/mol. The van der Waals surface area contributed by atoms with Crippen molar-refractivity contribution in [2.75, 3.05) is 0 Å².